The highest BCUT2D eigenvalue weighted by atomic mass is 16.6. The van der Waals surface area contributed by atoms with Gasteiger partial charge in [0.1, 0.15) is 12.7 Å². The zero-order valence-electron chi connectivity index (χ0n) is 15.2. The monoisotopic (exact) mass is 350 g/mol. The SMILES string of the molecule is C=C1CC[C@H]2[C@](C)(CO)[C@H](O)CC[C@]2(C)[C@H]1C/C=C1/C(=O)OC[C@H]1O. The molecule has 6 atom stereocenters. The Hall–Kier alpha value is -1.17. The van der Waals surface area contributed by atoms with Crippen molar-refractivity contribution in [3.63, 3.8) is 0 Å². The second kappa shape index (κ2) is 6.53. The fourth-order valence-electron chi connectivity index (χ4n) is 5.56. The van der Waals surface area contributed by atoms with Gasteiger partial charge in [-0.3, -0.25) is 0 Å². The summed E-state index contributed by atoms with van der Waals surface area (Å²) >= 11 is 0. The molecule has 2 saturated carbocycles. The molecule has 1 heterocycles. The Morgan fingerprint density at radius 1 is 1.32 bits per heavy atom. The van der Waals surface area contributed by atoms with E-state index in [1.807, 2.05) is 13.0 Å². The highest BCUT2D eigenvalue weighted by Gasteiger charge is 2.57. The van der Waals surface area contributed by atoms with E-state index < -0.39 is 23.6 Å². The van der Waals surface area contributed by atoms with Gasteiger partial charge in [0.2, 0.25) is 0 Å². The third-order valence-corrected chi connectivity index (χ3v) is 7.23. The van der Waals surface area contributed by atoms with Crippen LogP contribution in [0.2, 0.25) is 0 Å². The highest BCUT2D eigenvalue weighted by Crippen LogP contribution is 2.61. The van der Waals surface area contributed by atoms with Gasteiger partial charge in [0.15, 0.2) is 0 Å². The largest absolute Gasteiger partial charge is 0.459 e. The Morgan fingerprint density at radius 2 is 2.04 bits per heavy atom. The molecule has 3 fully saturated rings. The van der Waals surface area contributed by atoms with Gasteiger partial charge in [-0.15, -0.1) is 0 Å². The van der Waals surface area contributed by atoms with E-state index in [1.165, 1.54) is 0 Å². The van der Waals surface area contributed by atoms with Crippen molar-refractivity contribution in [3.8, 4) is 0 Å². The van der Waals surface area contributed by atoms with E-state index in [1.54, 1.807) is 0 Å². The zero-order valence-corrected chi connectivity index (χ0v) is 15.2. The van der Waals surface area contributed by atoms with Crippen LogP contribution in [0, 0.1) is 22.7 Å². The Morgan fingerprint density at radius 3 is 2.64 bits per heavy atom. The number of esters is 1. The van der Waals surface area contributed by atoms with E-state index in [0.29, 0.717) is 18.4 Å². The maximum Gasteiger partial charge on any atom is 0.336 e. The summed E-state index contributed by atoms with van der Waals surface area (Å²) in [6, 6.07) is 0. The number of hydrogen-bond donors (Lipinski definition) is 3. The normalized spacial score (nSPS) is 46.2. The van der Waals surface area contributed by atoms with Gasteiger partial charge in [-0.2, -0.15) is 0 Å². The Bertz CT molecular complexity index is 597. The van der Waals surface area contributed by atoms with Crippen molar-refractivity contribution in [2.75, 3.05) is 13.2 Å². The Kier molecular flexibility index (Phi) is 4.86. The number of aliphatic hydroxyl groups is 3. The van der Waals surface area contributed by atoms with E-state index in [0.717, 1.165) is 24.8 Å². The van der Waals surface area contributed by atoms with E-state index in [4.69, 9.17) is 4.74 Å². The molecule has 3 N–H and O–H groups in total. The molecule has 5 nitrogen and oxygen atoms in total. The summed E-state index contributed by atoms with van der Waals surface area (Å²) in [6.07, 6.45) is 4.42. The number of cyclic esters (lactones) is 1. The van der Waals surface area contributed by atoms with Gasteiger partial charge in [-0.05, 0) is 49.4 Å². The summed E-state index contributed by atoms with van der Waals surface area (Å²) in [6.45, 7) is 8.50. The summed E-state index contributed by atoms with van der Waals surface area (Å²) in [7, 11) is 0. The maximum atomic E-state index is 11.8. The van der Waals surface area contributed by atoms with Crippen LogP contribution >= 0.6 is 0 Å². The van der Waals surface area contributed by atoms with Crippen molar-refractivity contribution in [3.05, 3.63) is 23.8 Å². The first-order valence-electron chi connectivity index (χ1n) is 9.26. The summed E-state index contributed by atoms with van der Waals surface area (Å²) in [4.78, 5) is 11.8. The van der Waals surface area contributed by atoms with Crippen molar-refractivity contribution in [1.29, 1.82) is 0 Å². The van der Waals surface area contributed by atoms with Crippen molar-refractivity contribution < 1.29 is 24.9 Å². The second-order valence-electron chi connectivity index (χ2n) is 8.54. The molecular formula is C20H30O5. The first-order chi connectivity index (χ1) is 11.7. The third-order valence-electron chi connectivity index (χ3n) is 7.23. The molecule has 0 amide bonds. The molecule has 140 valence electrons. The van der Waals surface area contributed by atoms with E-state index in [9.17, 15) is 20.1 Å². The van der Waals surface area contributed by atoms with Crippen LogP contribution < -0.4 is 0 Å². The summed E-state index contributed by atoms with van der Waals surface area (Å²) in [5.41, 5.74) is 0.911. The van der Waals surface area contributed by atoms with Crippen molar-refractivity contribution >= 4 is 5.97 Å². The number of hydrogen-bond acceptors (Lipinski definition) is 5. The summed E-state index contributed by atoms with van der Waals surface area (Å²) in [5.74, 6) is -0.0734. The van der Waals surface area contributed by atoms with Crippen LogP contribution in [-0.2, 0) is 9.53 Å². The zero-order chi connectivity index (χ0) is 18.4. The molecule has 3 rings (SSSR count). The summed E-state index contributed by atoms with van der Waals surface area (Å²) < 4.78 is 4.90. The minimum atomic E-state index is -0.844. The Balaban J connectivity index is 1.89. The van der Waals surface area contributed by atoms with Gasteiger partial charge < -0.3 is 20.1 Å². The van der Waals surface area contributed by atoms with Crippen LogP contribution in [-0.4, -0.2) is 46.7 Å². The fourth-order valence-corrected chi connectivity index (χ4v) is 5.56. The molecule has 3 aliphatic rings. The molecule has 0 aromatic rings. The van der Waals surface area contributed by atoms with Gasteiger partial charge >= 0.3 is 5.97 Å². The smallest absolute Gasteiger partial charge is 0.336 e. The van der Waals surface area contributed by atoms with Crippen LogP contribution in [0.15, 0.2) is 23.8 Å². The van der Waals surface area contributed by atoms with Gasteiger partial charge in [0, 0.05) is 5.41 Å². The number of rotatable bonds is 3. The van der Waals surface area contributed by atoms with Crippen molar-refractivity contribution in [1.82, 2.24) is 0 Å². The van der Waals surface area contributed by atoms with Crippen LogP contribution in [0.1, 0.15) is 46.0 Å². The Labute approximate surface area is 149 Å². The van der Waals surface area contributed by atoms with Gasteiger partial charge in [-0.25, -0.2) is 4.79 Å². The molecule has 5 heteroatoms. The lowest BCUT2D eigenvalue weighted by Crippen LogP contribution is -2.57. The lowest BCUT2D eigenvalue weighted by Gasteiger charge is -2.59. The number of aliphatic hydroxyl groups excluding tert-OH is 3. The quantitative estimate of drug-likeness (QED) is 0.411. The van der Waals surface area contributed by atoms with Crippen molar-refractivity contribution in [2.45, 2.75) is 58.2 Å². The molecule has 25 heavy (non-hydrogen) atoms. The molecule has 0 unspecified atom stereocenters. The molecule has 0 bridgehead atoms. The van der Waals surface area contributed by atoms with Crippen LogP contribution in [0.4, 0.5) is 0 Å². The molecule has 0 aromatic heterocycles. The van der Waals surface area contributed by atoms with E-state index in [-0.39, 0.29) is 30.5 Å². The predicted molar refractivity (Wildman–Crippen MR) is 93.6 cm³/mol. The molecule has 1 saturated heterocycles. The standard InChI is InChI=1S/C20H30O5/c1-12-4-7-16-19(2,9-8-17(23)20(16,3)11-21)14(12)6-5-13-15(22)10-25-18(13)24/h5,14-17,21-23H,1,4,6-11H2,2-3H3/b13-5+/t14-,15+,16+,17+,19+,20-/m0/s1. The maximum absolute atomic E-state index is 11.8. The van der Waals surface area contributed by atoms with Crippen LogP contribution in [0.5, 0.6) is 0 Å². The molecule has 0 radical (unpaired) electrons. The minimum Gasteiger partial charge on any atom is -0.459 e. The van der Waals surface area contributed by atoms with Crippen LogP contribution in [0.25, 0.3) is 0 Å². The van der Waals surface area contributed by atoms with Gasteiger partial charge in [0.25, 0.3) is 0 Å². The van der Waals surface area contributed by atoms with Gasteiger partial charge in [0.05, 0.1) is 18.3 Å². The third kappa shape index (κ3) is 2.86. The number of allylic oxidation sites excluding steroid dienone is 2. The summed E-state index contributed by atoms with van der Waals surface area (Å²) in [5, 5.41) is 30.4. The first kappa shape index (κ1) is 18.6. The van der Waals surface area contributed by atoms with Crippen molar-refractivity contribution in [2.24, 2.45) is 22.7 Å². The molecule has 0 aromatic carbocycles. The number of fused-ring (bicyclic) bond motifs is 1. The van der Waals surface area contributed by atoms with Gasteiger partial charge in [-0.1, -0.05) is 32.1 Å². The molecule has 0 spiro atoms. The fraction of sp³-hybridized carbons (Fsp3) is 0.750. The minimum absolute atomic E-state index is 0.0280. The van der Waals surface area contributed by atoms with Crippen LogP contribution in [0.3, 0.4) is 0 Å². The first-order valence-corrected chi connectivity index (χ1v) is 9.26. The number of ether oxygens (including phenoxy) is 1. The average molecular weight is 350 g/mol. The topological polar surface area (TPSA) is 87.0 Å². The predicted octanol–water partition coefficient (Wildman–Crippen LogP) is 1.96. The molecule has 2 aliphatic carbocycles. The lowest BCUT2D eigenvalue weighted by atomic mass is 9.46. The molecular weight excluding hydrogens is 320 g/mol. The lowest BCUT2D eigenvalue weighted by molar-refractivity contribution is -0.151. The van der Waals surface area contributed by atoms with E-state index >= 15 is 0 Å². The molecule has 1 aliphatic heterocycles. The second-order valence-corrected chi connectivity index (χ2v) is 8.54. The number of carbonyl (C=O) groups is 1. The highest BCUT2D eigenvalue weighted by molar-refractivity contribution is 5.91. The number of carbonyl (C=O) groups excluding carboxylic acids is 1. The average Bonchev–Trinajstić information content (AvgIpc) is 2.89. The van der Waals surface area contributed by atoms with E-state index in [2.05, 4.69) is 13.5 Å².